The largest absolute Gasteiger partial charge is 0.308 e. The summed E-state index contributed by atoms with van der Waals surface area (Å²) in [6, 6.07) is 0. The number of nitrogens with zero attached hydrogens (tertiary/aromatic N) is 2. The monoisotopic (exact) mass is 294 g/mol. The van der Waals surface area contributed by atoms with Crippen LogP contribution in [0.5, 0.6) is 0 Å². The highest BCUT2D eigenvalue weighted by atomic mass is 15.2. The number of hydrogen-bond acceptors (Lipinski definition) is 2. The maximum atomic E-state index is 2.73. The molecule has 2 heteroatoms. The fourth-order valence-electron chi connectivity index (χ4n) is 4.96. The summed E-state index contributed by atoms with van der Waals surface area (Å²) in [5.74, 6) is 0. The van der Waals surface area contributed by atoms with Crippen LogP contribution in [0.1, 0.15) is 71.6 Å². The van der Waals surface area contributed by atoms with Crippen molar-refractivity contribution in [3.05, 3.63) is 0 Å². The van der Waals surface area contributed by atoms with Gasteiger partial charge in [0.25, 0.3) is 0 Å². The van der Waals surface area contributed by atoms with Crippen molar-refractivity contribution >= 4 is 0 Å². The first kappa shape index (κ1) is 17.3. The number of likely N-dealkylation sites (N-methyl/N-ethyl adjacent to an activating group) is 1. The molecule has 1 spiro atoms. The fraction of sp³-hybridized carbons (Fsp3) is 1.00. The second-order valence-electron chi connectivity index (χ2n) is 8.33. The fourth-order valence-corrected chi connectivity index (χ4v) is 4.96. The minimum absolute atomic E-state index is 0.692. The summed E-state index contributed by atoms with van der Waals surface area (Å²) >= 11 is 0. The zero-order valence-electron chi connectivity index (χ0n) is 15.1. The number of likely N-dealkylation sites (tertiary alicyclic amines) is 1. The lowest BCUT2D eigenvalue weighted by atomic mass is 9.60. The summed E-state index contributed by atoms with van der Waals surface area (Å²) in [6.45, 7) is 9.97. The summed E-state index contributed by atoms with van der Waals surface area (Å²) in [6.07, 6.45) is 13.2. The smallest absolute Gasteiger partial charge is 0.0109 e. The van der Waals surface area contributed by atoms with E-state index >= 15 is 0 Å². The molecule has 0 N–H and O–H groups in total. The normalized spacial score (nSPS) is 25.0. The van der Waals surface area contributed by atoms with Crippen LogP contribution in [0.2, 0.25) is 0 Å². The number of rotatable bonds is 7. The lowest BCUT2D eigenvalue weighted by molar-refractivity contribution is 0.0643. The Kier molecular flexibility index (Phi) is 6.14. The van der Waals surface area contributed by atoms with Crippen molar-refractivity contribution in [2.75, 3.05) is 40.3 Å². The molecule has 1 aliphatic carbocycles. The zero-order chi connectivity index (χ0) is 15.3. The molecule has 1 saturated heterocycles. The van der Waals surface area contributed by atoms with Gasteiger partial charge in [0.15, 0.2) is 0 Å². The molecular weight excluding hydrogens is 256 g/mol. The van der Waals surface area contributed by atoms with Crippen molar-refractivity contribution < 1.29 is 0 Å². The molecule has 0 amide bonds. The third-order valence-electron chi connectivity index (χ3n) is 6.31. The van der Waals surface area contributed by atoms with Crippen LogP contribution in [0.15, 0.2) is 0 Å². The van der Waals surface area contributed by atoms with Crippen LogP contribution < -0.4 is 0 Å². The molecule has 0 aromatic heterocycles. The van der Waals surface area contributed by atoms with Crippen molar-refractivity contribution in [3.8, 4) is 0 Å². The van der Waals surface area contributed by atoms with Gasteiger partial charge in [0.05, 0.1) is 0 Å². The first-order valence-electron chi connectivity index (χ1n) is 9.40. The van der Waals surface area contributed by atoms with Crippen molar-refractivity contribution in [3.63, 3.8) is 0 Å². The van der Waals surface area contributed by atoms with Gasteiger partial charge in [-0.25, -0.2) is 0 Å². The third-order valence-corrected chi connectivity index (χ3v) is 6.31. The summed E-state index contributed by atoms with van der Waals surface area (Å²) in [5, 5.41) is 0. The van der Waals surface area contributed by atoms with Crippen LogP contribution in [0, 0.1) is 10.8 Å². The van der Waals surface area contributed by atoms with E-state index in [1.807, 2.05) is 0 Å². The van der Waals surface area contributed by atoms with Crippen molar-refractivity contribution in [2.45, 2.75) is 71.6 Å². The highest BCUT2D eigenvalue weighted by molar-refractivity contribution is 4.97. The summed E-state index contributed by atoms with van der Waals surface area (Å²) in [7, 11) is 4.38. The molecule has 0 atom stereocenters. The summed E-state index contributed by atoms with van der Waals surface area (Å²) < 4.78 is 0. The number of hydrogen-bond donors (Lipinski definition) is 0. The standard InChI is InChI=1S/C19H38N2/c1-5-7-18(8-6-2)9-11-19(12-10-18)13-14-21(17-19)16-15-20(3)4/h5-17H2,1-4H3. The van der Waals surface area contributed by atoms with Crippen LogP contribution in [0.4, 0.5) is 0 Å². The second-order valence-corrected chi connectivity index (χ2v) is 8.33. The van der Waals surface area contributed by atoms with Gasteiger partial charge in [0.1, 0.15) is 0 Å². The Balaban J connectivity index is 1.85. The molecule has 0 unspecified atom stereocenters. The first-order chi connectivity index (χ1) is 10.0. The predicted molar refractivity (Wildman–Crippen MR) is 92.8 cm³/mol. The van der Waals surface area contributed by atoms with Gasteiger partial charge in [0, 0.05) is 19.6 Å². The van der Waals surface area contributed by atoms with Crippen LogP contribution in [-0.2, 0) is 0 Å². The van der Waals surface area contributed by atoms with E-state index < -0.39 is 0 Å². The van der Waals surface area contributed by atoms with Crippen molar-refractivity contribution in [2.24, 2.45) is 10.8 Å². The van der Waals surface area contributed by atoms with E-state index in [4.69, 9.17) is 0 Å². The molecule has 2 nitrogen and oxygen atoms in total. The van der Waals surface area contributed by atoms with E-state index in [0.29, 0.717) is 10.8 Å². The Labute approximate surface area is 133 Å². The van der Waals surface area contributed by atoms with Crippen LogP contribution >= 0.6 is 0 Å². The average molecular weight is 295 g/mol. The van der Waals surface area contributed by atoms with Gasteiger partial charge in [-0.3, -0.25) is 0 Å². The van der Waals surface area contributed by atoms with Gasteiger partial charge in [-0.15, -0.1) is 0 Å². The Morgan fingerprint density at radius 3 is 2.05 bits per heavy atom. The molecule has 0 aromatic rings. The predicted octanol–water partition coefficient (Wildman–Crippen LogP) is 4.40. The molecular formula is C19H38N2. The van der Waals surface area contributed by atoms with Gasteiger partial charge in [-0.05, 0) is 76.4 Å². The maximum absolute atomic E-state index is 2.73. The minimum Gasteiger partial charge on any atom is -0.308 e. The Morgan fingerprint density at radius 2 is 1.52 bits per heavy atom. The summed E-state index contributed by atoms with van der Waals surface area (Å²) in [4.78, 5) is 5.05. The van der Waals surface area contributed by atoms with Gasteiger partial charge < -0.3 is 9.80 Å². The van der Waals surface area contributed by atoms with Gasteiger partial charge >= 0.3 is 0 Å². The second kappa shape index (κ2) is 7.46. The highest BCUT2D eigenvalue weighted by Crippen LogP contribution is 2.53. The van der Waals surface area contributed by atoms with Crippen LogP contribution in [0.25, 0.3) is 0 Å². The van der Waals surface area contributed by atoms with E-state index in [-0.39, 0.29) is 0 Å². The van der Waals surface area contributed by atoms with Gasteiger partial charge in [-0.1, -0.05) is 26.7 Å². The summed E-state index contributed by atoms with van der Waals surface area (Å²) in [5.41, 5.74) is 1.41. The maximum Gasteiger partial charge on any atom is 0.0109 e. The van der Waals surface area contributed by atoms with Crippen molar-refractivity contribution in [1.29, 1.82) is 0 Å². The van der Waals surface area contributed by atoms with E-state index in [1.165, 1.54) is 84.0 Å². The van der Waals surface area contributed by atoms with Gasteiger partial charge in [0.2, 0.25) is 0 Å². The quantitative estimate of drug-likeness (QED) is 0.686. The van der Waals surface area contributed by atoms with Gasteiger partial charge in [-0.2, -0.15) is 0 Å². The van der Waals surface area contributed by atoms with Crippen LogP contribution in [0.3, 0.4) is 0 Å². The average Bonchev–Trinajstić information content (AvgIpc) is 2.85. The Morgan fingerprint density at radius 1 is 0.905 bits per heavy atom. The molecule has 124 valence electrons. The Hall–Kier alpha value is -0.0800. The molecule has 0 bridgehead atoms. The van der Waals surface area contributed by atoms with E-state index in [9.17, 15) is 0 Å². The molecule has 1 saturated carbocycles. The minimum atomic E-state index is 0.692. The molecule has 0 aromatic carbocycles. The zero-order valence-corrected chi connectivity index (χ0v) is 15.1. The highest BCUT2D eigenvalue weighted by Gasteiger charge is 2.44. The van der Waals surface area contributed by atoms with Crippen molar-refractivity contribution in [1.82, 2.24) is 9.80 Å². The molecule has 2 fully saturated rings. The topological polar surface area (TPSA) is 6.48 Å². The molecule has 21 heavy (non-hydrogen) atoms. The van der Waals surface area contributed by atoms with Crippen LogP contribution in [-0.4, -0.2) is 50.1 Å². The molecule has 2 rings (SSSR count). The van der Waals surface area contributed by atoms with E-state index in [0.717, 1.165) is 0 Å². The molecule has 1 aliphatic heterocycles. The van der Waals surface area contributed by atoms with E-state index in [1.54, 1.807) is 0 Å². The third kappa shape index (κ3) is 4.45. The lowest BCUT2D eigenvalue weighted by Crippen LogP contribution is -2.37. The molecule has 1 heterocycles. The molecule has 2 aliphatic rings. The first-order valence-corrected chi connectivity index (χ1v) is 9.40. The van der Waals surface area contributed by atoms with E-state index in [2.05, 4.69) is 37.7 Å². The lowest BCUT2D eigenvalue weighted by Gasteiger charge is -2.45. The molecule has 0 radical (unpaired) electrons. The Bertz CT molecular complexity index is 295. The SMILES string of the molecule is CCCC1(CCC)CCC2(CCN(CCN(C)C)C2)CC1.